The van der Waals surface area contributed by atoms with E-state index in [0.29, 0.717) is 11.1 Å². The Bertz CT molecular complexity index is 619. The first-order valence-corrected chi connectivity index (χ1v) is 6.28. The summed E-state index contributed by atoms with van der Waals surface area (Å²) in [5.41, 5.74) is 12.4. The molecule has 2 rings (SSSR count). The van der Waals surface area contributed by atoms with Gasteiger partial charge in [0.2, 0.25) is 11.8 Å². The topological polar surface area (TPSA) is 86.2 Å². The zero-order valence-corrected chi connectivity index (χ0v) is 11.5. The normalized spacial score (nSPS) is 10.2. The zero-order valence-electron chi connectivity index (χ0n) is 9.89. The van der Waals surface area contributed by atoms with Crippen molar-refractivity contribution in [1.82, 2.24) is 0 Å². The molecule has 0 aliphatic carbocycles. The summed E-state index contributed by atoms with van der Waals surface area (Å²) < 4.78 is 0.897. The fourth-order valence-corrected chi connectivity index (χ4v) is 2.15. The van der Waals surface area contributed by atoms with Crippen molar-refractivity contribution in [3.8, 4) is 11.1 Å². The molecule has 2 amide bonds. The number of carbonyl (C=O) groups is 2. The largest absolute Gasteiger partial charge is 0.366 e. The predicted octanol–water partition coefficient (Wildman–Crippen LogP) is 2.31. The third kappa shape index (κ3) is 2.66. The number of primary amides is 2. The Hall–Kier alpha value is -2.14. The van der Waals surface area contributed by atoms with Crippen molar-refractivity contribution in [3.63, 3.8) is 0 Å². The van der Waals surface area contributed by atoms with Gasteiger partial charge in [0, 0.05) is 21.2 Å². The van der Waals surface area contributed by atoms with E-state index in [1.165, 1.54) is 0 Å². The van der Waals surface area contributed by atoms with Crippen LogP contribution >= 0.6 is 15.9 Å². The molecule has 0 saturated heterocycles. The molecule has 0 atom stereocenters. The molecule has 0 bridgehead atoms. The lowest BCUT2D eigenvalue weighted by atomic mass is 9.93. The molecule has 0 unspecified atom stereocenters. The molecule has 4 N–H and O–H groups in total. The van der Waals surface area contributed by atoms with E-state index in [9.17, 15) is 9.59 Å². The van der Waals surface area contributed by atoms with Gasteiger partial charge in [0.1, 0.15) is 0 Å². The highest BCUT2D eigenvalue weighted by molar-refractivity contribution is 9.10. The van der Waals surface area contributed by atoms with Crippen LogP contribution in [0.15, 0.2) is 46.9 Å². The number of carbonyl (C=O) groups excluding carboxylic acids is 2. The molecule has 0 aromatic heterocycles. The summed E-state index contributed by atoms with van der Waals surface area (Å²) in [5, 5.41) is 0. The number of hydrogen-bond donors (Lipinski definition) is 2. The summed E-state index contributed by atoms with van der Waals surface area (Å²) in [6.07, 6.45) is 0. The van der Waals surface area contributed by atoms with E-state index in [2.05, 4.69) is 15.9 Å². The second-order valence-corrected chi connectivity index (χ2v) is 4.88. The summed E-state index contributed by atoms with van der Waals surface area (Å²) >= 11 is 3.33. The molecule has 0 spiro atoms. The lowest BCUT2D eigenvalue weighted by molar-refractivity contribution is 0.0999. The number of rotatable bonds is 3. The SMILES string of the molecule is NC(=O)c1cccc(C(N)=O)c1-c1ccc(Br)cc1. The van der Waals surface area contributed by atoms with Gasteiger partial charge in [0.15, 0.2) is 0 Å². The van der Waals surface area contributed by atoms with E-state index in [4.69, 9.17) is 11.5 Å². The minimum absolute atomic E-state index is 0.277. The highest BCUT2D eigenvalue weighted by Gasteiger charge is 2.17. The molecular formula is C14H11BrN2O2. The van der Waals surface area contributed by atoms with Gasteiger partial charge in [0.05, 0.1) is 0 Å². The minimum atomic E-state index is -0.596. The Morgan fingerprint density at radius 3 is 1.74 bits per heavy atom. The van der Waals surface area contributed by atoms with Crippen molar-refractivity contribution in [2.75, 3.05) is 0 Å². The molecule has 2 aromatic carbocycles. The van der Waals surface area contributed by atoms with Gasteiger partial charge in [0.25, 0.3) is 0 Å². The first-order valence-electron chi connectivity index (χ1n) is 5.49. The van der Waals surface area contributed by atoms with Gasteiger partial charge in [-0.1, -0.05) is 34.1 Å². The molecule has 0 aliphatic rings. The summed E-state index contributed by atoms with van der Waals surface area (Å²) in [4.78, 5) is 23.0. The van der Waals surface area contributed by atoms with E-state index >= 15 is 0 Å². The summed E-state index contributed by atoms with van der Waals surface area (Å²) in [5.74, 6) is -1.19. The number of benzene rings is 2. The van der Waals surface area contributed by atoms with Crippen LogP contribution in [0.25, 0.3) is 11.1 Å². The van der Waals surface area contributed by atoms with Crippen LogP contribution in [0, 0.1) is 0 Å². The van der Waals surface area contributed by atoms with Gasteiger partial charge in [-0.2, -0.15) is 0 Å². The molecule has 19 heavy (non-hydrogen) atoms. The van der Waals surface area contributed by atoms with Crippen LogP contribution < -0.4 is 11.5 Å². The quantitative estimate of drug-likeness (QED) is 0.909. The maximum Gasteiger partial charge on any atom is 0.249 e. The van der Waals surface area contributed by atoms with Crippen LogP contribution in [0.3, 0.4) is 0 Å². The van der Waals surface area contributed by atoms with Crippen LogP contribution in [0.2, 0.25) is 0 Å². The molecular weight excluding hydrogens is 308 g/mol. The fourth-order valence-electron chi connectivity index (χ4n) is 1.89. The van der Waals surface area contributed by atoms with Gasteiger partial charge >= 0.3 is 0 Å². The van der Waals surface area contributed by atoms with Crippen LogP contribution in [0.4, 0.5) is 0 Å². The monoisotopic (exact) mass is 318 g/mol. The second-order valence-electron chi connectivity index (χ2n) is 3.96. The highest BCUT2D eigenvalue weighted by Crippen LogP contribution is 2.28. The standard InChI is InChI=1S/C14H11BrN2O2/c15-9-6-4-8(5-7-9)12-10(13(16)18)2-1-3-11(12)14(17)19/h1-7H,(H2,16,18)(H2,17,19). The Labute approximate surface area is 118 Å². The van der Waals surface area contributed by atoms with E-state index in [1.54, 1.807) is 30.3 Å². The zero-order chi connectivity index (χ0) is 14.0. The van der Waals surface area contributed by atoms with Gasteiger partial charge in [-0.3, -0.25) is 9.59 Å². The van der Waals surface area contributed by atoms with Crippen molar-refractivity contribution in [3.05, 3.63) is 58.1 Å². The molecule has 5 heteroatoms. The fraction of sp³-hybridized carbons (Fsp3) is 0. The summed E-state index contributed by atoms with van der Waals surface area (Å²) in [7, 11) is 0. The molecule has 0 aliphatic heterocycles. The van der Waals surface area contributed by atoms with Crippen LogP contribution in [-0.2, 0) is 0 Å². The number of halogens is 1. The first kappa shape index (κ1) is 13.3. The average Bonchev–Trinajstić information content (AvgIpc) is 2.38. The number of amides is 2. The Balaban J connectivity index is 2.74. The van der Waals surface area contributed by atoms with Crippen molar-refractivity contribution in [1.29, 1.82) is 0 Å². The van der Waals surface area contributed by atoms with Crippen molar-refractivity contribution >= 4 is 27.7 Å². The number of hydrogen-bond acceptors (Lipinski definition) is 2. The smallest absolute Gasteiger partial charge is 0.249 e. The van der Waals surface area contributed by atoms with E-state index in [0.717, 1.165) is 4.47 Å². The molecule has 0 saturated carbocycles. The molecule has 0 radical (unpaired) electrons. The lowest BCUT2D eigenvalue weighted by Gasteiger charge is -2.11. The van der Waals surface area contributed by atoms with Crippen LogP contribution in [0.5, 0.6) is 0 Å². The Morgan fingerprint density at radius 1 is 0.842 bits per heavy atom. The second kappa shape index (κ2) is 5.24. The molecule has 96 valence electrons. The first-order chi connectivity index (χ1) is 9.00. The Kier molecular flexibility index (Phi) is 3.66. The van der Waals surface area contributed by atoms with Crippen LogP contribution in [-0.4, -0.2) is 11.8 Å². The third-order valence-electron chi connectivity index (χ3n) is 2.73. The number of nitrogens with two attached hydrogens (primary N) is 2. The molecule has 0 heterocycles. The van der Waals surface area contributed by atoms with E-state index < -0.39 is 11.8 Å². The van der Waals surface area contributed by atoms with Crippen LogP contribution in [0.1, 0.15) is 20.7 Å². The van der Waals surface area contributed by atoms with Gasteiger partial charge in [-0.15, -0.1) is 0 Å². The molecule has 2 aromatic rings. The highest BCUT2D eigenvalue weighted by atomic mass is 79.9. The third-order valence-corrected chi connectivity index (χ3v) is 3.26. The molecule has 0 fully saturated rings. The van der Waals surface area contributed by atoms with E-state index in [1.807, 2.05) is 12.1 Å². The summed E-state index contributed by atoms with van der Waals surface area (Å²) in [6.45, 7) is 0. The lowest BCUT2D eigenvalue weighted by Crippen LogP contribution is -2.18. The van der Waals surface area contributed by atoms with Crippen molar-refractivity contribution in [2.45, 2.75) is 0 Å². The van der Waals surface area contributed by atoms with Crippen molar-refractivity contribution in [2.24, 2.45) is 11.5 Å². The van der Waals surface area contributed by atoms with Crippen molar-refractivity contribution < 1.29 is 9.59 Å². The Morgan fingerprint density at radius 2 is 1.32 bits per heavy atom. The van der Waals surface area contributed by atoms with Gasteiger partial charge in [-0.25, -0.2) is 0 Å². The summed E-state index contributed by atoms with van der Waals surface area (Å²) in [6, 6.07) is 12.0. The predicted molar refractivity (Wildman–Crippen MR) is 76.6 cm³/mol. The van der Waals surface area contributed by atoms with E-state index in [-0.39, 0.29) is 11.1 Å². The maximum absolute atomic E-state index is 11.5. The van der Waals surface area contributed by atoms with Gasteiger partial charge in [-0.05, 0) is 29.8 Å². The van der Waals surface area contributed by atoms with Gasteiger partial charge < -0.3 is 11.5 Å². The minimum Gasteiger partial charge on any atom is -0.366 e. The maximum atomic E-state index is 11.5. The average molecular weight is 319 g/mol. The molecule has 4 nitrogen and oxygen atoms in total.